The van der Waals surface area contributed by atoms with Crippen molar-refractivity contribution < 1.29 is 0 Å². The van der Waals surface area contributed by atoms with Gasteiger partial charge < -0.3 is 10.2 Å². The molecule has 2 heteroatoms. The summed E-state index contributed by atoms with van der Waals surface area (Å²) in [6.07, 6.45) is 14.7. The van der Waals surface area contributed by atoms with Crippen molar-refractivity contribution >= 4 is 0 Å². The molecule has 0 aromatic heterocycles. The molecule has 1 aliphatic rings. The van der Waals surface area contributed by atoms with Crippen molar-refractivity contribution in [3.8, 4) is 0 Å². The molecule has 1 N–H and O–H groups in total. The van der Waals surface area contributed by atoms with E-state index in [0.717, 1.165) is 42.4 Å². The number of aryl methyl sites for hydroxylation is 5. The highest BCUT2D eigenvalue weighted by atomic mass is 15.2. The molecule has 270 valence electrons. The lowest BCUT2D eigenvalue weighted by molar-refractivity contribution is 0.547. The molecule has 0 unspecified atom stereocenters. The topological polar surface area (TPSA) is 15.3 Å². The first-order valence-electron chi connectivity index (χ1n) is 18.8. The zero-order valence-corrected chi connectivity index (χ0v) is 34.3. The molecule has 1 aliphatic heterocycles. The Morgan fingerprint density at radius 2 is 1.44 bits per heavy atom. The quantitative estimate of drug-likeness (QED) is 0.256. The van der Waals surface area contributed by atoms with Gasteiger partial charge in [-0.05, 0) is 99.3 Å². The van der Waals surface area contributed by atoms with E-state index in [-0.39, 0.29) is 0 Å². The lowest BCUT2D eigenvalue weighted by Gasteiger charge is -2.29. The Morgan fingerprint density at radius 1 is 0.833 bits per heavy atom. The highest BCUT2D eigenvalue weighted by molar-refractivity contribution is 5.39. The van der Waals surface area contributed by atoms with Gasteiger partial charge in [-0.1, -0.05) is 155 Å². The SMILES string of the molecule is C=C(NCc1ccc(C)cc1C)/C(=C(/C)CC)N1C=C(C)C=CCC1=C.CC.CCC(C)C.CCCC.CCCc1ccc(C)c(C)c1. The van der Waals surface area contributed by atoms with E-state index in [1.54, 1.807) is 0 Å². The number of hydrogen-bond donors (Lipinski definition) is 1. The van der Waals surface area contributed by atoms with E-state index in [9.17, 15) is 0 Å². The van der Waals surface area contributed by atoms with E-state index in [0.29, 0.717) is 0 Å². The minimum Gasteiger partial charge on any atom is -0.380 e. The maximum absolute atomic E-state index is 4.35. The second-order valence-corrected chi connectivity index (χ2v) is 13.1. The van der Waals surface area contributed by atoms with Gasteiger partial charge in [0.05, 0.1) is 11.4 Å². The van der Waals surface area contributed by atoms with E-state index in [2.05, 4.69) is 168 Å². The third-order valence-corrected chi connectivity index (χ3v) is 8.29. The molecule has 0 atom stereocenters. The molecule has 0 saturated heterocycles. The Bertz CT molecular complexity index is 1280. The predicted molar refractivity (Wildman–Crippen MR) is 220 cm³/mol. The van der Waals surface area contributed by atoms with Crippen molar-refractivity contribution in [2.24, 2.45) is 5.92 Å². The van der Waals surface area contributed by atoms with Crippen LogP contribution in [0, 0.1) is 33.6 Å². The molecule has 0 spiro atoms. The first-order valence-corrected chi connectivity index (χ1v) is 18.8. The minimum atomic E-state index is 0.771. The molecule has 0 radical (unpaired) electrons. The van der Waals surface area contributed by atoms with Crippen LogP contribution in [0.2, 0.25) is 0 Å². The smallest absolute Gasteiger partial charge is 0.0667 e. The zero-order chi connectivity index (χ0) is 37.2. The van der Waals surface area contributed by atoms with Crippen molar-refractivity contribution in [2.45, 2.75) is 155 Å². The monoisotopic (exact) mass is 657 g/mol. The van der Waals surface area contributed by atoms with Crippen LogP contribution in [0.1, 0.15) is 148 Å². The first-order chi connectivity index (χ1) is 22.7. The molecule has 0 fully saturated rings. The number of allylic oxidation sites excluding steroid dienone is 4. The van der Waals surface area contributed by atoms with Gasteiger partial charge in [0.15, 0.2) is 0 Å². The molecule has 0 aliphatic carbocycles. The second kappa shape index (κ2) is 27.7. The lowest BCUT2D eigenvalue weighted by Crippen LogP contribution is -2.25. The van der Waals surface area contributed by atoms with Crippen molar-refractivity contribution in [2.75, 3.05) is 0 Å². The molecule has 0 bridgehead atoms. The van der Waals surface area contributed by atoms with Crippen LogP contribution in [-0.4, -0.2) is 4.90 Å². The summed E-state index contributed by atoms with van der Waals surface area (Å²) in [5.41, 5.74) is 13.8. The van der Waals surface area contributed by atoms with Crippen LogP contribution in [0.3, 0.4) is 0 Å². The standard InChI is InChI=1S/C24H32N2.C11H16.C5H12.C4H10.C2H6/c1-8-19(4)24(26-16-18(3)10-9-11-21(26)6)22(7)25-15-23-13-12-17(2)14-20(23)5;1-4-5-11-7-6-9(2)10(3)8-11;1-4-5(2)3;1-3-4-2;1-2/h9-10,12-14,16,25H,6-8,11,15H2,1-5H3;6-8H,4-5H2,1-3H3;5H,4H2,1-3H3;3-4H2,1-2H3;1-2H3/b24-19+;;;;. The van der Waals surface area contributed by atoms with Crippen LogP contribution < -0.4 is 5.32 Å². The number of hydrogen-bond acceptors (Lipinski definition) is 2. The first kappa shape index (κ1) is 46.9. The highest BCUT2D eigenvalue weighted by Crippen LogP contribution is 2.28. The van der Waals surface area contributed by atoms with Crippen molar-refractivity contribution in [3.63, 3.8) is 0 Å². The van der Waals surface area contributed by atoms with E-state index in [1.165, 1.54) is 76.6 Å². The maximum Gasteiger partial charge on any atom is 0.0667 e. The normalized spacial score (nSPS) is 12.4. The molecule has 0 amide bonds. The summed E-state index contributed by atoms with van der Waals surface area (Å²) >= 11 is 0. The van der Waals surface area contributed by atoms with Gasteiger partial charge in [0.25, 0.3) is 0 Å². The summed E-state index contributed by atoms with van der Waals surface area (Å²) in [4.78, 5) is 2.20. The molecule has 2 aromatic carbocycles. The van der Waals surface area contributed by atoms with Crippen LogP contribution in [-0.2, 0) is 13.0 Å². The van der Waals surface area contributed by atoms with E-state index >= 15 is 0 Å². The minimum absolute atomic E-state index is 0.771. The van der Waals surface area contributed by atoms with Gasteiger partial charge in [-0.25, -0.2) is 0 Å². The molecule has 1 heterocycles. The Morgan fingerprint density at radius 3 is 1.92 bits per heavy atom. The summed E-state index contributed by atoms with van der Waals surface area (Å²) < 4.78 is 0. The zero-order valence-electron chi connectivity index (χ0n) is 34.3. The molecular formula is C46H76N2. The van der Waals surface area contributed by atoms with Crippen molar-refractivity contribution in [3.05, 3.63) is 130 Å². The molecule has 48 heavy (non-hydrogen) atoms. The van der Waals surface area contributed by atoms with Gasteiger partial charge in [0, 0.05) is 24.9 Å². The molecule has 2 aromatic rings. The van der Waals surface area contributed by atoms with Gasteiger partial charge >= 0.3 is 0 Å². The number of benzene rings is 2. The van der Waals surface area contributed by atoms with Crippen LogP contribution in [0.5, 0.6) is 0 Å². The number of rotatable bonds is 10. The van der Waals surface area contributed by atoms with E-state index in [1.807, 2.05) is 13.8 Å². The average Bonchev–Trinajstić information content (AvgIpc) is 3.23. The Balaban J connectivity index is 0. The third kappa shape index (κ3) is 19.5. The number of nitrogens with one attached hydrogen (secondary N) is 1. The van der Waals surface area contributed by atoms with E-state index < -0.39 is 0 Å². The molecule has 0 saturated carbocycles. The Labute approximate surface area is 300 Å². The van der Waals surface area contributed by atoms with Gasteiger partial charge in [0.2, 0.25) is 0 Å². The summed E-state index contributed by atoms with van der Waals surface area (Å²) in [6, 6.07) is 13.3. The molecule has 3 rings (SSSR count). The van der Waals surface area contributed by atoms with Gasteiger partial charge in [0.1, 0.15) is 0 Å². The largest absolute Gasteiger partial charge is 0.380 e. The van der Waals surface area contributed by atoms with Crippen LogP contribution in [0.25, 0.3) is 0 Å². The summed E-state index contributed by atoms with van der Waals surface area (Å²) in [5, 5.41) is 3.54. The number of unbranched alkanes of at least 4 members (excludes halogenated alkanes) is 1. The second-order valence-electron chi connectivity index (χ2n) is 13.1. The Hall–Kier alpha value is -3.26. The molecular weight excluding hydrogens is 581 g/mol. The van der Waals surface area contributed by atoms with Crippen LogP contribution >= 0.6 is 0 Å². The summed E-state index contributed by atoms with van der Waals surface area (Å²) in [7, 11) is 0. The van der Waals surface area contributed by atoms with Crippen molar-refractivity contribution in [1.29, 1.82) is 0 Å². The fourth-order valence-electron chi connectivity index (χ4n) is 4.39. The van der Waals surface area contributed by atoms with Gasteiger partial charge in [-0.15, -0.1) is 0 Å². The van der Waals surface area contributed by atoms with Crippen molar-refractivity contribution in [1.82, 2.24) is 10.2 Å². The highest BCUT2D eigenvalue weighted by Gasteiger charge is 2.17. The number of nitrogens with zero attached hydrogens (tertiary/aromatic N) is 1. The van der Waals surface area contributed by atoms with Gasteiger partial charge in [-0.2, -0.15) is 0 Å². The van der Waals surface area contributed by atoms with Gasteiger partial charge in [-0.3, -0.25) is 0 Å². The summed E-state index contributed by atoms with van der Waals surface area (Å²) in [6.45, 7) is 41.7. The van der Waals surface area contributed by atoms with Crippen LogP contribution in [0.4, 0.5) is 0 Å². The predicted octanol–water partition coefficient (Wildman–Crippen LogP) is 14.4. The maximum atomic E-state index is 4.35. The summed E-state index contributed by atoms with van der Waals surface area (Å²) in [5.74, 6) is 0.884. The molecule has 2 nitrogen and oxygen atoms in total. The lowest BCUT2D eigenvalue weighted by atomic mass is 10.0. The average molecular weight is 657 g/mol. The fraction of sp³-hybridized carbons (Fsp3) is 0.522. The van der Waals surface area contributed by atoms with Crippen LogP contribution in [0.15, 0.2) is 96.1 Å². The third-order valence-electron chi connectivity index (χ3n) is 8.29. The Kier molecular flexibility index (Phi) is 27.0. The van der Waals surface area contributed by atoms with E-state index in [4.69, 9.17) is 0 Å². The fourth-order valence-corrected chi connectivity index (χ4v) is 4.39.